The van der Waals surface area contributed by atoms with E-state index >= 15 is 0 Å². The standard InChI is InChI=1S/C15H31F2NO3/c1-13(2,3)18-11-15(16,17)12-20-8-7-19-9-10-21-14(4,5)6/h18H,7-12H2,1-6H3. The lowest BCUT2D eigenvalue weighted by molar-refractivity contribution is -0.0901. The topological polar surface area (TPSA) is 39.7 Å². The summed E-state index contributed by atoms with van der Waals surface area (Å²) in [5.41, 5.74) is -0.526. The van der Waals surface area contributed by atoms with Crippen molar-refractivity contribution in [3.8, 4) is 0 Å². The van der Waals surface area contributed by atoms with Gasteiger partial charge in [-0.3, -0.25) is 0 Å². The predicted molar refractivity (Wildman–Crippen MR) is 80.0 cm³/mol. The molecule has 0 fully saturated rings. The summed E-state index contributed by atoms with van der Waals surface area (Å²) in [4.78, 5) is 0. The van der Waals surface area contributed by atoms with Gasteiger partial charge in [-0.2, -0.15) is 0 Å². The Morgan fingerprint density at radius 1 is 0.810 bits per heavy atom. The maximum Gasteiger partial charge on any atom is 0.283 e. The van der Waals surface area contributed by atoms with E-state index in [1.54, 1.807) is 0 Å². The largest absolute Gasteiger partial charge is 0.377 e. The smallest absolute Gasteiger partial charge is 0.283 e. The summed E-state index contributed by atoms with van der Waals surface area (Å²) in [6, 6.07) is 0. The first kappa shape index (κ1) is 20.7. The number of nitrogens with one attached hydrogen (secondary N) is 1. The predicted octanol–water partition coefficient (Wildman–Crippen LogP) is 2.86. The highest BCUT2D eigenvalue weighted by Gasteiger charge is 2.30. The third kappa shape index (κ3) is 15.9. The first-order chi connectivity index (χ1) is 9.41. The molecule has 0 rings (SSSR count). The lowest BCUT2D eigenvalue weighted by Gasteiger charge is -2.25. The van der Waals surface area contributed by atoms with Gasteiger partial charge in [0.2, 0.25) is 0 Å². The number of hydrogen-bond acceptors (Lipinski definition) is 4. The number of hydrogen-bond donors (Lipinski definition) is 1. The average Bonchev–Trinajstić information content (AvgIpc) is 2.28. The minimum absolute atomic E-state index is 0.153. The van der Waals surface area contributed by atoms with Gasteiger partial charge in [0.25, 0.3) is 5.92 Å². The third-order valence-electron chi connectivity index (χ3n) is 2.33. The molecule has 0 heterocycles. The summed E-state index contributed by atoms with van der Waals surface area (Å²) in [6.07, 6.45) is 0. The number of rotatable bonds is 10. The Hall–Kier alpha value is -0.300. The monoisotopic (exact) mass is 311 g/mol. The van der Waals surface area contributed by atoms with Crippen LogP contribution >= 0.6 is 0 Å². The van der Waals surface area contributed by atoms with Crippen LogP contribution in [0.25, 0.3) is 0 Å². The van der Waals surface area contributed by atoms with Gasteiger partial charge in [-0.1, -0.05) is 0 Å². The van der Waals surface area contributed by atoms with Crippen molar-refractivity contribution in [2.75, 3.05) is 39.6 Å². The van der Waals surface area contributed by atoms with Gasteiger partial charge in [-0.25, -0.2) is 8.78 Å². The van der Waals surface area contributed by atoms with Crippen LogP contribution in [0.2, 0.25) is 0 Å². The zero-order chi connectivity index (χ0) is 16.6. The van der Waals surface area contributed by atoms with E-state index in [0.717, 1.165) is 0 Å². The van der Waals surface area contributed by atoms with Crippen molar-refractivity contribution in [2.45, 2.75) is 58.6 Å². The quantitative estimate of drug-likeness (QED) is 0.630. The summed E-state index contributed by atoms with van der Waals surface area (Å²) in [5, 5.41) is 2.77. The van der Waals surface area contributed by atoms with Crippen LogP contribution in [0, 0.1) is 0 Å². The molecule has 6 heteroatoms. The highest BCUT2D eigenvalue weighted by molar-refractivity contribution is 4.77. The van der Waals surface area contributed by atoms with Crippen molar-refractivity contribution in [1.29, 1.82) is 0 Å². The Bertz CT molecular complexity index is 273. The SMILES string of the molecule is CC(C)(C)NCC(F)(F)COCCOCCOC(C)(C)C. The molecular formula is C15H31F2NO3. The second kappa shape index (κ2) is 8.98. The second-order valence-electron chi connectivity index (χ2n) is 7.09. The van der Waals surface area contributed by atoms with E-state index in [9.17, 15) is 8.78 Å². The first-order valence-electron chi connectivity index (χ1n) is 7.34. The molecule has 0 aliphatic heterocycles. The fourth-order valence-corrected chi connectivity index (χ4v) is 1.29. The Morgan fingerprint density at radius 3 is 1.86 bits per heavy atom. The van der Waals surface area contributed by atoms with Crippen LogP contribution in [-0.2, 0) is 14.2 Å². The first-order valence-corrected chi connectivity index (χ1v) is 7.34. The molecule has 4 nitrogen and oxygen atoms in total. The van der Waals surface area contributed by atoms with Gasteiger partial charge < -0.3 is 19.5 Å². The molecule has 0 aliphatic rings. The van der Waals surface area contributed by atoms with Crippen LogP contribution in [0.5, 0.6) is 0 Å². The van der Waals surface area contributed by atoms with E-state index in [0.29, 0.717) is 13.2 Å². The maximum absolute atomic E-state index is 13.5. The van der Waals surface area contributed by atoms with Gasteiger partial charge >= 0.3 is 0 Å². The van der Waals surface area contributed by atoms with Crippen molar-refractivity contribution < 1.29 is 23.0 Å². The fraction of sp³-hybridized carbons (Fsp3) is 1.00. The Labute approximate surface area is 127 Å². The number of ether oxygens (including phenoxy) is 3. The van der Waals surface area contributed by atoms with E-state index in [2.05, 4.69) is 5.32 Å². The van der Waals surface area contributed by atoms with Crippen LogP contribution in [0.1, 0.15) is 41.5 Å². The minimum Gasteiger partial charge on any atom is -0.377 e. The van der Waals surface area contributed by atoms with Gasteiger partial charge in [0.05, 0.1) is 38.6 Å². The zero-order valence-corrected chi connectivity index (χ0v) is 14.2. The Kier molecular flexibility index (Phi) is 8.85. The van der Waals surface area contributed by atoms with Crippen LogP contribution in [0.4, 0.5) is 8.78 Å². The van der Waals surface area contributed by atoms with Gasteiger partial charge in [-0.05, 0) is 41.5 Å². The molecule has 0 aromatic rings. The molecule has 0 atom stereocenters. The van der Waals surface area contributed by atoms with Crippen molar-refractivity contribution in [3.63, 3.8) is 0 Å². The molecule has 0 bridgehead atoms. The van der Waals surface area contributed by atoms with Crippen molar-refractivity contribution >= 4 is 0 Å². The van der Waals surface area contributed by atoms with Gasteiger partial charge in [0.1, 0.15) is 6.61 Å². The summed E-state index contributed by atoms with van der Waals surface area (Å²) in [7, 11) is 0. The maximum atomic E-state index is 13.5. The molecule has 0 saturated heterocycles. The molecule has 0 saturated carbocycles. The summed E-state index contributed by atoms with van der Waals surface area (Å²) < 4.78 is 42.6. The fourth-order valence-electron chi connectivity index (χ4n) is 1.29. The third-order valence-corrected chi connectivity index (χ3v) is 2.33. The number of halogens is 2. The number of alkyl halides is 2. The van der Waals surface area contributed by atoms with Crippen molar-refractivity contribution in [1.82, 2.24) is 5.32 Å². The van der Waals surface area contributed by atoms with E-state index in [1.807, 2.05) is 41.5 Å². The van der Waals surface area contributed by atoms with E-state index in [4.69, 9.17) is 14.2 Å². The van der Waals surface area contributed by atoms with Crippen LogP contribution < -0.4 is 5.32 Å². The molecule has 0 amide bonds. The molecule has 1 N–H and O–H groups in total. The molecule has 128 valence electrons. The highest BCUT2D eigenvalue weighted by atomic mass is 19.3. The summed E-state index contributed by atoms with van der Waals surface area (Å²) in [5.74, 6) is -2.87. The molecule has 0 spiro atoms. The van der Waals surface area contributed by atoms with Gasteiger partial charge in [0, 0.05) is 5.54 Å². The normalized spacial score (nSPS) is 13.7. The lowest BCUT2D eigenvalue weighted by atomic mass is 10.1. The minimum atomic E-state index is -2.87. The zero-order valence-electron chi connectivity index (χ0n) is 14.2. The van der Waals surface area contributed by atoms with Gasteiger partial charge in [0.15, 0.2) is 0 Å². The van der Waals surface area contributed by atoms with E-state index < -0.39 is 19.1 Å². The van der Waals surface area contributed by atoms with Gasteiger partial charge in [-0.15, -0.1) is 0 Å². The van der Waals surface area contributed by atoms with Crippen molar-refractivity contribution in [2.24, 2.45) is 0 Å². The van der Waals surface area contributed by atoms with E-state index in [-0.39, 0.29) is 24.4 Å². The molecule has 0 unspecified atom stereocenters. The van der Waals surface area contributed by atoms with Crippen LogP contribution in [-0.4, -0.2) is 56.6 Å². The highest BCUT2D eigenvalue weighted by Crippen LogP contribution is 2.14. The Balaban J connectivity index is 3.53. The summed E-state index contributed by atoms with van der Waals surface area (Å²) in [6.45, 7) is 11.8. The average molecular weight is 311 g/mol. The summed E-state index contributed by atoms with van der Waals surface area (Å²) >= 11 is 0. The molecule has 0 aromatic heterocycles. The molecular weight excluding hydrogens is 280 g/mol. The van der Waals surface area contributed by atoms with Crippen LogP contribution in [0.15, 0.2) is 0 Å². The molecule has 0 aliphatic carbocycles. The molecule has 21 heavy (non-hydrogen) atoms. The van der Waals surface area contributed by atoms with E-state index in [1.165, 1.54) is 0 Å². The Morgan fingerprint density at radius 2 is 1.33 bits per heavy atom. The van der Waals surface area contributed by atoms with Crippen molar-refractivity contribution in [3.05, 3.63) is 0 Å². The molecule has 0 radical (unpaired) electrons. The molecule has 0 aromatic carbocycles. The van der Waals surface area contributed by atoms with Crippen LogP contribution in [0.3, 0.4) is 0 Å². The lowest BCUT2D eigenvalue weighted by Crippen LogP contribution is -2.45. The second-order valence-corrected chi connectivity index (χ2v) is 7.09.